The SMILES string of the molecule is CC(C)C[C@H](O)[C@H](O)[C@H](CC1CCCCC1)NC(=O)[C@H](C)CNC(=O)C(CSCCN(C)C)Cc1ccccc1. The number of hydrogen-bond donors (Lipinski definition) is 4. The number of rotatable bonds is 18. The minimum Gasteiger partial charge on any atom is -0.390 e. The highest BCUT2D eigenvalue weighted by Crippen LogP contribution is 2.29. The maximum absolute atomic E-state index is 13.2. The zero-order valence-electron chi connectivity index (χ0n) is 25.5. The van der Waals surface area contributed by atoms with Gasteiger partial charge < -0.3 is 25.7 Å². The second kappa shape index (κ2) is 18.7. The summed E-state index contributed by atoms with van der Waals surface area (Å²) in [6, 6.07) is 9.56. The third-order valence-corrected chi connectivity index (χ3v) is 9.00. The number of benzene rings is 1. The van der Waals surface area contributed by atoms with Gasteiger partial charge in [-0.3, -0.25) is 9.59 Å². The summed E-state index contributed by atoms with van der Waals surface area (Å²) in [6.45, 7) is 7.03. The Bertz CT molecular complexity index is 848. The van der Waals surface area contributed by atoms with Crippen molar-refractivity contribution in [2.45, 2.75) is 90.4 Å². The Morgan fingerprint density at radius 3 is 2.33 bits per heavy atom. The van der Waals surface area contributed by atoms with Crippen molar-refractivity contribution >= 4 is 23.6 Å². The Labute approximate surface area is 247 Å². The van der Waals surface area contributed by atoms with Crippen molar-refractivity contribution < 1.29 is 19.8 Å². The van der Waals surface area contributed by atoms with E-state index in [0.717, 1.165) is 36.5 Å². The fourth-order valence-electron chi connectivity index (χ4n) is 5.37. The van der Waals surface area contributed by atoms with E-state index in [1.54, 1.807) is 11.8 Å². The Hall–Kier alpha value is -1.61. The average Bonchev–Trinajstić information content (AvgIpc) is 2.92. The summed E-state index contributed by atoms with van der Waals surface area (Å²) in [5.41, 5.74) is 1.13. The van der Waals surface area contributed by atoms with Crippen molar-refractivity contribution in [2.24, 2.45) is 23.7 Å². The van der Waals surface area contributed by atoms with E-state index in [-0.39, 0.29) is 30.2 Å². The number of carbonyl (C=O) groups is 2. The normalized spacial score (nSPS) is 18.2. The van der Waals surface area contributed by atoms with Gasteiger partial charge in [-0.1, -0.05) is 83.2 Å². The summed E-state index contributed by atoms with van der Waals surface area (Å²) >= 11 is 1.78. The summed E-state index contributed by atoms with van der Waals surface area (Å²) in [5, 5.41) is 27.8. The molecule has 0 bridgehead atoms. The molecular formula is C32H55N3O4S. The number of aliphatic hydroxyl groups is 2. The Morgan fingerprint density at radius 1 is 1.02 bits per heavy atom. The van der Waals surface area contributed by atoms with E-state index in [9.17, 15) is 19.8 Å². The average molecular weight is 578 g/mol. The number of nitrogens with one attached hydrogen (secondary N) is 2. The van der Waals surface area contributed by atoms with Crippen LogP contribution in [-0.4, -0.2) is 83.9 Å². The van der Waals surface area contributed by atoms with Crippen LogP contribution in [-0.2, 0) is 16.0 Å². The molecule has 5 atom stereocenters. The third-order valence-electron chi connectivity index (χ3n) is 7.89. The van der Waals surface area contributed by atoms with Crippen molar-refractivity contribution in [3.05, 3.63) is 35.9 Å². The molecule has 1 aromatic rings. The van der Waals surface area contributed by atoms with Crippen molar-refractivity contribution in [3.63, 3.8) is 0 Å². The molecule has 1 aliphatic carbocycles. The monoisotopic (exact) mass is 577 g/mol. The summed E-state index contributed by atoms with van der Waals surface area (Å²) in [4.78, 5) is 28.6. The third kappa shape index (κ3) is 13.4. The highest BCUT2D eigenvalue weighted by atomic mass is 32.2. The number of hydrogen-bond acceptors (Lipinski definition) is 6. The molecule has 1 fully saturated rings. The van der Waals surface area contributed by atoms with Gasteiger partial charge in [0.05, 0.1) is 24.0 Å². The molecular weight excluding hydrogens is 522 g/mol. The van der Waals surface area contributed by atoms with E-state index >= 15 is 0 Å². The van der Waals surface area contributed by atoms with Crippen LogP contribution in [0.1, 0.15) is 71.3 Å². The van der Waals surface area contributed by atoms with Crippen LogP contribution >= 0.6 is 11.8 Å². The van der Waals surface area contributed by atoms with Gasteiger partial charge in [0.25, 0.3) is 0 Å². The second-order valence-electron chi connectivity index (χ2n) is 12.5. The first-order valence-corrected chi connectivity index (χ1v) is 16.4. The lowest BCUT2D eigenvalue weighted by molar-refractivity contribution is -0.128. The van der Waals surface area contributed by atoms with Crippen LogP contribution in [0.5, 0.6) is 0 Å². The molecule has 1 aromatic carbocycles. The predicted molar refractivity (Wildman–Crippen MR) is 166 cm³/mol. The molecule has 4 N–H and O–H groups in total. The first-order chi connectivity index (χ1) is 19.1. The summed E-state index contributed by atoms with van der Waals surface area (Å²) in [6.07, 6.45) is 5.71. The van der Waals surface area contributed by atoms with Gasteiger partial charge >= 0.3 is 0 Å². The van der Waals surface area contributed by atoms with E-state index in [1.807, 2.05) is 65.2 Å². The fourth-order valence-corrected chi connectivity index (χ4v) is 6.59. The van der Waals surface area contributed by atoms with E-state index in [0.29, 0.717) is 25.2 Å². The lowest BCUT2D eigenvalue weighted by Crippen LogP contribution is -2.52. The van der Waals surface area contributed by atoms with Crippen LogP contribution in [0.25, 0.3) is 0 Å². The Balaban J connectivity index is 1.97. The number of nitrogens with zero attached hydrogens (tertiary/aromatic N) is 1. The molecule has 228 valence electrons. The fraction of sp³-hybridized carbons (Fsp3) is 0.750. The molecule has 0 aliphatic heterocycles. The summed E-state index contributed by atoms with van der Waals surface area (Å²) in [7, 11) is 4.09. The standard InChI is InChI=1S/C32H55N3O4S/c1-23(2)18-29(36)30(37)28(20-26-14-10-7-11-15-26)34-31(38)24(3)21-33-32(39)27(22-40-17-16-35(4)5)19-25-12-8-6-9-13-25/h6,8-9,12-13,23-24,26-30,36-37H,7,10-11,14-22H2,1-5H3,(H,33,39)(H,34,38)/t24-,27?,28+,29+,30-/m1/s1. The van der Waals surface area contributed by atoms with Crippen LogP contribution in [0.3, 0.4) is 0 Å². The van der Waals surface area contributed by atoms with Crippen molar-refractivity contribution in [3.8, 4) is 0 Å². The highest BCUT2D eigenvalue weighted by Gasteiger charge is 2.32. The van der Waals surface area contributed by atoms with Gasteiger partial charge in [0, 0.05) is 24.6 Å². The molecule has 2 rings (SSSR count). The second-order valence-corrected chi connectivity index (χ2v) is 13.6. The largest absolute Gasteiger partial charge is 0.390 e. The van der Waals surface area contributed by atoms with Crippen LogP contribution in [0.2, 0.25) is 0 Å². The van der Waals surface area contributed by atoms with Crippen LogP contribution in [0.15, 0.2) is 30.3 Å². The predicted octanol–water partition coefficient (Wildman–Crippen LogP) is 4.12. The van der Waals surface area contributed by atoms with Gasteiger partial charge in [-0.2, -0.15) is 11.8 Å². The molecule has 0 spiro atoms. The summed E-state index contributed by atoms with van der Waals surface area (Å²) < 4.78 is 0. The molecule has 1 aliphatic rings. The highest BCUT2D eigenvalue weighted by molar-refractivity contribution is 7.99. The first kappa shape index (κ1) is 34.6. The lowest BCUT2D eigenvalue weighted by Gasteiger charge is -2.33. The quantitative estimate of drug-likeness (QED) is 0.196. The maximum Gasteiger partial charge on any atom is 0.224 e. The van der Waals surface area contributed by atoms with E-state index in [2.05, 4.69) is 15.5 Å². The van der Waals surface area contributed by atoms with Gasteiger partial charge in [0.15, 0.2) is 0 Å². The number of thioether (sulfide) groups is 1. The van der Waals surface area contributed by atoms with Crippen molar-refractivity contribution in [1.29, 1.82) is 0 Å². The number of amides is 2. The van der Waals surface area contributed by atoms with E-state index in [1.165, 1.54) is 19.3 Å². The number of aliphatic hydroxyl groups excluding tert-OH is 2. The Kier molecular flexibility index (Phi) is 16.2. The van der Waals surface area contributed by atoms with Crippen molar-refractivity contribution in [1.82, 2.24) is 15.5 Å². The minimum absolute atomic E-state index is 0.0352. The first-order valence-electron chi connectivity index (χ1n) is 15.3. The molecule has 8 heteroatoms. The van der Waals surface area contributed by atoms with E-state index < -0.39 is 24.2 Å². The molecule has 0 saturated heterocycles. The van der Waals surface area contributed by atoms with Crippen LogP contribution in [0.4, 0.5) is 0 Å². The minimum atomic E-state index is -1.01. The zero-order chi connectivity index (χ0) is 29.5. The lowest BCUT2D eigenvalue weighted by atomic mass is 9.82. The van der Waals surface area contributed by atoms with Gasteiger partial charge in [0.1, 0.15) is 6.10 Å². The topological polar surface area (TPSA) is 102 Å². The van der Waals surface area contributed by atoms with Gasteiger partial charge in [-0.15, -0.1) is 0 Å². The molecule has 0 aromatic heterocycles. The Morgan fingerprint density at radius 2 is 1.70 bits per heavy atom. The molecule has 1 saturated carbocycles. The molecule has 0 radical (unpaired) electrons. The molecule has 1 unspecified atom stereocenters. The van der Waals surface area contributed by atoms with Crippen LogP contribution in [0, 0.1) is 23.7 Å². The molecule has 0 heterocycles. The number of carbonyl (C=O) groups excluding carboxylic acids is 2. The molecule has 7 nitrogen and oxygen atoms in total. The van der Waals surface area contributed by atoms with Gasteiger partial charge in [-0.25, -0.2) is 0 Å². The summed E-state index contributed by atoms with van der Waals surface area (Å²) in [5.74, 6) is 1.50. The smallest absolute Gasteiger partial charge is 0.224 e. The molecule has 40 heavy (non-hydrogen) atoms. The van der Waals surface area contributed by atoms with E-state index in [4.69, 9.17) is 0 Å². The van der Waals surface area contributed by atoms with Gasteiger partial charge in [-0.05, 0) is 50.8 Å². The van der Waals surface area contributed by atoms with Gasteiger partial charge in [0.2, 0.25) is 11.8 Å². The zero-order valence-corrected chi connectivity index (χ0v) is 26.3. The maximum atomic E-state index is 13.2. The van der Waals surface area contributed by atoms with Crippen molar-refractivity contribution in [2.75, 3.05) is 38.7 Å². The van der Waals surface area contributed by atoms with Crippen LogP contribution < -0.4 is 10.6 Å². The molecule has 2 amide bonds.